The van der Waals surface area contributed by atoms with Gasteiger partial charge in [-0.25, -0.2) is 0 Å². The van der Waals surface area contributed by atoms with Gasteiger partial charge in [0.2, 0.25) is 0 Å². The van der Waals surface area contributed by atoms with Crippen LogP contribution < -0.4 is 5.73 Å². The van der Waals surface area contributed by atoms with E-state index < -0.39 is 0 Å². The number of allylic oxidation sites excluding steroid dienone is 2. The Bertz CT molecular complexity index is 334. The molecule has 0 spiro atoms. The Labute approximate surface area is 82.5 Å². The summed E-state index contributed by atoms with van der Waals surface area (Å²) in [6, 6.07) is 7.25. The molecule has 3 N–H and O–H groups in total. The third kappa shape index (κ3) is 2.33. The van der Waals surface area contributed by atoms with Gasteiger partial charge >= 0.3 is 0 Å². The number of benzene rings is 1. The summed E-state index contributed by atoms with van der Waals surface area (Å²) in [5.41, 5.74) is 7.90. The molecule has 3 heteroatoms. The van der Waals surface area contributed by atoms with Gasteiger partial charge in [-0.05, 0) is 24.6 Å². The second kappa shape index (κ2) is 4.10. The van der Waals surface area contributed by atoms with E-state index in [1.165, 1.54) is 6.21 Å². The van der Waals surface area contributed by atoms with Crippen LogP contribution in [0, 0.1) is 5.41 Å². The minimum absolute atomic E-state index is 0.636. The first-order valence-corrected chi connectivity index (χ1v) is 4.25. The molecule has 0 heterocycles. The highest BCUT2D eigenvalue weighted by molar-refractivity contribution is 6.30. The molecular weight excluding hydrogens is 184 g/mol. The molecule has 0 atom stereocenters. The van der Waals surface area contributed by atoms with Crippen LogP contribution in [-0.2, 0) is 0 Å². The predicted octanol–water partition coefficient (Wildman–Crippen LogP) is 2.68. The zero-order valence-electron chi connectivity index (χ0n) is 7.34. The molecule has 1 aromatic carbocycles. The predicted molar refractivity (Wildman–Crippen MR) is 57.0 cm³/mol. The lowest BCUT2D eigenvalue weighted by atomic mass is 10.1. The van der Waals surface area contributed by atoms with E-state index >= 15 is 0 Å². The van der Waals surface area contributed by atoms with Crippen molar-refractivity contribution in [2.24, 2.45) is 5.73 Å². The first kappa shape index (κ1) is 9.81. The van der Waals surface area contributed by atoms with Crippen LogP contribution in [0.25, 0.3) is 5.57 Å². The minimum atomic E-state index is 0.636. The van der Waals surface area contributed by atoms with Crippen molar-refractivity contribution in [2.45, 2.75) is 6.92 Å². The number of nitrogens with one attached hydrogen (secondary N) is 1. The van der Waals surface area contributed by atoms with Gasteiger partial charge in [-0.1, -0.05) is 23.7 Å². The number of hydrogen-bond donors (Lipinski definition) is 2. The molecule has 0 aliphatic heterocycles. The van der Waals surface area contributed by atoms with E-state index in [-0.39, 0.29) is 0 Å². The Morgan fingerprint density at radius 2 is 1.92 bits per heavy atom. The van der Waals surface area contributed by atoms with Crippen LogP contribution in [0.5, 0.6) is 0 Å². The van der Waals surface area contributed by atoms with Gasteiger partial charge in [-0.15, -0.1) is 0 Å². The van der Waals surface area contributed by atoms with Crippen molar-refractivity contribution < 1.29 is 0 Å². The Hall–Kier alpha value is -1.28. The molecule has 1 rings (SSSR count). The van der Waals surface area contributed by atoms with Crippen molar-refractivity contribution >= 4 is 23.4 Å². The van der Waals surface area contributed by atoms with Gasteiger partial charge in [0.15, 0.2) is 0 Å². The molecule has 13 heavy (non-hydrogen) atoms. The monoisotopic (exact) mass is 194 g/mol. The van der Waals surface area contributed by atoms with Gasteiger partial charge < -0.3 is 11.1 Å². The maximum atomic E-state index is 7.19. The van der Waals surface area contributed by atoms with Crippen molar-refractivity contribution in [1.29, 1.82) is 5.41 Å². The Morgan fingerprint density at radius 1 is 1.38 bits per heavy atom. The highest BCUT2D eigenvalue weighted by Crippen LogP contribution is 2.17. The second-order valence-corrected chi connectivity index (χ2v) is 3.18. The highest BCUT2D eigenvalue weighted by Gasteiger charge is 2.00. The van der Waals surface area contributed by atoms with Gasteiger partial charge in [-0.2, -0.15) is 0 Å². The SMILES string of the molecule is CC(N)=C(C=N)c1ccc(Cl)cc1. The molecule has 1 aromatic rings. The average Bonchev–Trinajstić information content (AvgIpc) is 2.09. The average molecular weight is 195 g/mol. The summed E-state index contributed by atoms with van der Waals surface area (Å²) in [6.45, 7) is 1.77. The lowest BCUT2D eigenvalue weighted by Gasteiger charge is -2.03. The van der Waals surface area contributed by atoms with Crippen LogP contribution in [0.1, 0.15) is 12.5 Å². The van der Waals surface area contributed by atoms with Crippen LogP contribution in [0.2, 0.25) is 5.02 Å². The van der Waals surface area contributed by atoms with E-state index in [1.807, 2.05) is 12.1 Å². The fourth-order valence-electron chi connectivity index (χ4n) is 1.05. The van der Waals surface area contributed by atoms with Crippen LogP contribution in [0.3, 0.4) is 0 Å². The van der Waals surface area contributed by atoms with E-state index in [0.29, 0.717) is 10.7 Å². The molecule has 0 saturated carbocycles. The lowest BCUT2D eigenvalue weighted by Crippen LogP contribution is -1.98. The number of nitrogens with two attached hydrogens (primary N) is 1. The summed E-state index contributed by atoms with van der Waals surface area (Å²) in [4.78, 5) is 0. The van der Waals surface area contributed by atoms with Crippen molar-refractivity contribution in [3.63, 3.8) is 0 Å². The third-order valence-electron chi connectivity index (χ3n) is 1.72. The molecular formula is C10H11ClN2. The first-order valence-electron chi connectivity index (χ1n) is 3.88. The molecule has 0 saturated heterocycles. The third-order valence-corrected chi connectivity index (χ3v) is 1.98. The molecule has 0 bridgehead atoms. The zero-order valence-corrected chi connectivity index (χ0v) is 8.10. The molecule has 0 aliphatic carbocycles. The maximum Gasteiger partial charge on any atom is 0.0406 e. The molecule has 0 unspecified atom stereocenters. The van der Waals surface area contributed by atoms with Crippen molar-refractivity contribution in [3.05, 3.63) is 40.5 Å². The maximum absolute atomic E-state index is 7.19. The lowest BCUT2D eigenvalue weighted by molar-refractivity contribution is 1.33. The molecule has 2 nitrogen and oxygen atoms in total. The minimum Gasteiger partial charge on any atom is -0.402 e. The smallest absolute Gasteiger partial charge is 0.0406 e. The summed E-state index contributed by atoms with van der Waals surface area (Å²) in [6.07, 6.45) is 1.25. The summed E-state index contributed by atoms with van der Waals surface area (Å²) in [5.74, 6) is 0. The normalized spacial score (nSPS) is 12.2. The summed E-state index contributed by atoms with van der Waals surface area (Å²) in [5, 5.41) is 7.87. The first-order chi connectivity index (χ1) is 6.15. The van der Waals surface area contributed by atoms with Crippen molar-refractivity contribution in [2.75, 3.05) is 0 Å². The fraction of sp³-hybridized carbons (Fsp3) is 0.100. The summed E-state index contributed by atoms with van der Waals surface area (Å²) >= 11 is 5.73. The molecule has 0 aliphatic rings. The molecule has 0 amide bonds. The molecule has 0 aromatic heterocycles. The largest absolute Gasteiger partial charge is 0.402 e. The van der Waals surface area contributed by atoms with Crippen LogP contribution in [0.4, 0.5) is 0 Å². The Balaban J connectivity index is 3.15. The second-order valence-electron chi connectivity index (χ2n) is 2.75. The van der Waals surface area contributed by atoms with Crippen molar-refractivity contribution in [3.8, 4) is 0 Å². The van der Waals surface area contributed by atoms with Gasteiger partial charge in [0.05, 0.1) is 0 Å². The standard InChI is InChI=1S/C10H11ClN2/c1-7(13)10(6-12)8-2-4-9(11)5-3-8/h2-6,12H,13H2,1H3. The number of hydrogen-bond acceptors (Lipinski definition) is 2. The number of rotatable bonds is 2. The van der Waals surface area contributed by atoms with Crippen LogP contribution >= 0.6 is 11.6 Å². The van der Waals surface area contributed by atoms with Gasteiger partial charge in [0.25, 0.3) is 0 Å². The summed E-state index contributed by atoms with van der Waals surface area (Å²) < 4.78 is 0. The quantitative estimate of drug-likeness (QED) is 0.699. The van der Waals surface area contributed by atoms with E-state index in [1.54, 1.807) is 19.1 Å². The molecule has 68 valence electrons. The van der Waals surface area contributed by atoms with Crippen LogP contribution in [-0.4, -0.2) is 6.21 Å². The Morgan fingerprint density at radius 3 is 2.31 bits per heavy atom. The number of halogens is 1. The zero-order chi connectivity index (χ0) is 9.84. The summed E-state index contributed by atoms with van der Waals surface area (Å²) in [7, 11) is 0. The fourth-order valence-corrected chi connectivity index (χ4v) is 1.18. The van der Waals surface area contributed by atoms with Crippen molar-refractivity contribution in [1.82, 2.24) is 0 Å². The Kier molecular flexibility index (Phi) is 3.09. The van der Waals surface area contributed by atoms with Crippen LogP contribution in [0.15, 0.2) is 30.0 Å². The highest BCUT2D eigenvalue weighted by atomic mass is 35.5. The van der Waals surface area contributed by atoms with Gasteiger partial charge in [0.1, 0.15) is 0 Å². The van der Waals surface area contributed by atoms with Gasteiger partial charge in [0, 0.05) is 22.5 Å². The molecule has 0 fully saturated rings. The topological polar surface area (TPSA) is 49.9 Å². The van der Waals surface area contributed by atoms with E-state index in [4.69, 9.17) is 22.7 Å². The molecule has 0 radical (unpaired) electrons. The van der Waals surface area contributed by atoms with E-state index in [9.17, 15) is 0 Å². The van der Waals surface area contributed by atoms with E-state index in [0.717, 1.165) is 11.1 Å². The van der Waals surface area contributed by atoms with E-state index in [2.05, 4.69) is 0 Å². The van der Waals surface area contributed by atoms with Gasteiger partial charge in [-0.3, -0.25) is 0 Å².